The molecule has 4 N–H and O–H groups in total. The quantitative estimate of drug-likeness (QED) is 0.197. The van der Waals surface area contributed by atoms with Gasteiger partial charge in [0.2, 0.25) is 5.95 Å². The first-order valence-corrected chi connectivity index (χ1v) is 12.4. The van der Waals surface area contributed by atoms with Crippen LogP contribution >= 0.6 is 0 Å². The number of halogens is 1. The number of carbonyl (C=O) groups is 1. The molecule has 3 aromatic heterocycles. The van der Waals surface area contributed by atoms with Crippen LogP contribution in [0.3, 0.4) is 0 Å². The molecule has 0 fully saturated rings. The number of anilines is 2. The predicted molar refractivity (Wildman–Crippen MR) is 151 cm³/mol. The third kappa shape index (κ3) is 5.19. The number of nitrogens with two attached hydrogens (primary N) is 1. The van der Waals surface area contributed by atoms with E-state index in [1.165, 1.54) is 30.3 Å². The molecule has 5 aromatic rings. The van der Waals surface area contributed by atoms with Crippen molar-refractivity contribution in [1.29, 1.82) is 0 Å². The van der Waals surface area contributed by atoms with E-state index in [2.05, 4.69) is 25.3 Å². The second-order valence-electron chi connectivity index (χ2n) is 9.52. The fourth-order valence-electron chi connectivity index (χ4n) is 4.24. The lowest BCUT2D eigenvalue weighted by Gasteiger charge is -2.19. The standard InChI is InChI=1S/C27H28FN9O3/c1-15-5-7-18(31-25(38)23-32-21-8-6-17(28)12-22(21)33-23)13-19(15)20-11-16-14-30-27(36(29)10-9-35(2)3)34-24(16)37(40-4)26(20)39/h5-8,11-14H,9-10,29H2,1-4H3,(H,31,38)(H,32,33). The highest BCUT2D eigenvalue weighted by molar-refractivity contribution is 6.03. The zero-order chi connectivity index (χ0) is 28.6. The fourth-order valence-corrected chi connectivity index (χ4v) is 4.24. The number of hydrogen-bond acceptors (Lipinski definition) is 9. The summed E-state index contributed by atoms with van der Waals surface area (Å²) in [5, 5.41) is 4.75. The number of aromatic amines is 1. The zero-order valence-corrected chi connectivity index (χ0v) is 22.4. The van der Waals surface area contributed by atoms with Crippen LogP contribution in [0.4, 0.5) is 16.0 Å². The van der Waals surface area contributed by atoms with Crippen molar-refractivity contribution in [2.75, 3.05) is 44.6 Å². The Balaban J connectivity index is 1.49. The summed E-state index contributed by atoms with van der Waals surface area (Å²) >= 11 is 0. The van der Waals surface area contributed by atoms with Crippen LogP contribution in [0.25, 0.3) is 33.2 Å². The van der Waals surface area contributed by atoms with E-state index in [9.17, 15) is 14.0 Å². The summed E-state index contributed by atoms with van der Waals surface area (Å²) in [5.74, 6) is 5.46. The van der Waals surface area contributed by atoms with Crippen molar-refractivity contribution in [2.24, 2.45) is 5.84 Å². The largest absolute Gasteiger partial charge is 0.412 e. The average molecular weight is 546 g/mol. The SMILES string of the molecule is COn1c(=O)c(-c2cc(NC(=O)c3nc4ccc(F)cc4[nH]3)ccc2C)cc2cnc(N(N)CCN(C)C)nc21. The summed E-state index contributed by atoms with van der Waals surface area (Å²) in [6.07, 6.45) is 1.58. The van der Waals surface area contributed by atoms with Crippen molar-refractivity contribution < 1.29 is 14.0 Å². The van der Waals surface area contributed by atoms with Gasteiger partial charge in [-0.15, -0.1) is 4.73 Å². The number of aromatic nitrogens is 5. The molecule has 0 saturated carbocycles. The summed E-state index contributed by atoms with van der Waals surface area (Å²) in [6, 6.07) is 10.9. The minimum absolute atomic E-state index is 0.0302. The van der Waals surface area contributed by atoms with Gasteiger partial charge >= 0.3 is 0 Å². The van der Waals surface area contributed by atoms with Crippen LogP contribution in [0.15, 0.2) is 53.5 Å². The van der Waals surface area contributed by atoms with E-state index in [1.54, 1.807) is 30.5 Å². The molecule has 0 atom stereocenters. The molecule has 13 heteroatoms. The third-order valence-corrected chi connectivity index (χ3v) is 6.36. The molecular formula is C27H28FN9O3. The van der Waals surface area contributed by atoms with Gasteiger partial charge in [-0.05, 0) is 68.5 Å². The van der Waals surface area contributed by atoms with E-state index in [0.717, 1.165) is 10.3 Å². The minimum Gasteiger partial charge on any atom is -0.412 e. The number of amides is 1. The number of nitrogens with one attached hydrogen (secondary N) is 2. The molecule has 0 aliphatic carbocycles. The maximum atomic E-state index is 13.5. The Bertz CT molecular complexity index is 1800. The van der Waals surface area contributed by atoms with Crippen LogP contribution in [0.1, 0.15) is 16.2 Å². The average Bonchev–Trinajstić information content (AvgIpc) is 3.36. The molecule has 0 aliphatic heterocycles. The fraction of sp³-hybridized carbons (Fsp3) is 0.222. The Hall–Kier alpha value is -4.88. The van der Waals surface area contributed by atoms with E-state index >= 15 is 0 Å². The number of fused-ring (bicyclic) bond motifs is 2. The molecule has 12 nitrogen and oxygen atoms in total. The lowest BCUT2D eigenvalue weighted by atomic mass is 10.00. The van der Waals surface area contributed by atoms with Gasteiger partial charge in [-0.3, -0.25) is 14.6 Å². The van der Waals surface area contributed by atoms with Crippen molar-refractivity contribution in [2.45, 2.75) is 6.92 Å². The Kier molecular flexibility index (Phi) is 7.15. The number of aryl methyl sites for hydroxylation is 1. The third-order valence-electron chi connectivity index (χ3n) is 6.36. The van der Waals surface area contributed by atoms with E-state index < -0.39 is 17.3 Å². The van der Waals surface area contributed by atoms with Crippen molar-refractivity contribution in [3.05, 3.63) is 76.2 Å². The lowest BCUT2D eigenvalue weighted by molar-refractivity contribution is 0.101. The maximum absolute atomic E-state index is 13.5. The number of carbonyl (C=O) groups excluding carboxylic acids is 1. The summed E-state index contributed by atoms with van der Waals surface area (Å²) in [5.41, 5.74) is 2.85. The second-order valence-corrected chi connectivity index (χ2v) is 9.52. The van der Waals surface area contributed by atoms with Crippen LogP contribution in [0.5, 0.6) is 0 Å². The molecule has 0 saturated heterocycles. The van der Waals surface area contributed by atoms with Crippen molar-refractivity contribution >= 4 is 39.6 Å². The van der Waals surface area contributed by atoms with Gasteiger partial charge < -0.3 is 20.0 Å². The predicted octanol–water partition coefficient (Wildman–Crippen LogP) is 2.33. The molecular weight excluding hydrogens is 517 g/mol. The Morgan fingerprint density at radius 1 is 1.12 bits per heavy atom. The van der Waals surface area contributed by atoms with Crippen LogP contribution in [0, 0.1) is 12.7 Å². The number of benzene rings is 2. The number of pyridine rings is 1. The van der Waals surface area contributed by atoms with Crippen molar-refractivity contribution in [1.82, 2.24) is 29.6 Å². The lowest BCUT2D eigenvalue weighted by Crippen LogP contribution is -2.38. The molecule has 1 amide bonds. The normalized spacial score (nSPS) is 11.4. The highest BCUT2D eigenvalue weighted by atomic mass is 19.1. The van der Waals surface area contributed by atoms with Crippen LogP contribution in [-0.4, -0.2) is 69.8 Å². The summed E-state index contributed by atoms with van der Waals surface area (Å²) in [7, 11) is 5.24. The van der Waals surface area contributed by atoms with Crippen molar-refractivity contribution in [3.8, 4) is 11.1 Å². The maximum Gasteiger partial charge on any atom is 0.292 e. The van der Waals surface area contributed by atoms with Gasteiger partial charge in [0.25, 0.3) is 11.5 Å². The van der Waals surface area contributed by atoms with E-state index in [4.69, 9.17) is 10.7 Å². The smallest absolute Gasteiger partial charge is 0.292 e. The molecule has 2 aromatic carbocycles. The summed E-state index contributed by atoms with van der Waals surface area (Å²) < 4.78 is 14.6. The van der Waals surface area contributed by atoms with Gasteiger partial charge in [-0.2, -0.15) is 4.98 Å². The van der Waals surface area contributed by atoms with Gasteiger partial charge in [0.15, 0.2) is 11.5 Å². The first-order valence-electron chi connectivity index (χ1n) is 12.4. The molecule has 3 heterocycles. The summed E-state index contributed by atoms with van der Waals surface area (Å²) in [6.45, 7) is 3.03. The highest BCUT2D eigenvalue weighted by Crippen LogP contribution is 2.27. The molecule has 0 spiro atoms. The van der Waals surface area contributed by atoms with Gasteiger partial charge in [-0.25, -0.2) is 20.2 Å². The number of hydrazine groups is 1. The second kappa shape index (κ2) is 10.7. The number of nitrogens with zero attached hydrogens (tertiary/aromatic N) is 6. The Morgan fingerprint density at radius 3 is 2.67 bits per heavy atom. The Labute approximate surface area is 228 Å². The van der Waals surface area contributed by atoms with Gasteiger partial charge in [0.05, 0.1) is 16.6 Å². The number of hydrogen-bond donors (Lipinski definition) is 3. The number of likely N-dealkylation sites (N-methyl/N-ethyl adjacent to an activating group) is 1. The van der Waals surface area contributed by atoms with Crippen LogP contribution in [0.2, 0.25) is 0 Å². The van der Waals surface area contributed by atoms with E-state index in [0.29, 0.717) is 46.3 Å². The summed E-state index contributed by atoms with van der Waals surface area (Å²) in [4.78, 5) is 49.7. The highest BCUT2D eigenvalue weighted by Gasteiger charge is 2.18. The number of imidazole rings is 1. The first-order chi connectivity index (χ1) is 19.1. The van der Waals surface area contributed by atoms with E-state index in [-0.39, 0.29) is 17.4 Å². The van der Waals surface area contributed by atoms with Gasteiger partial charge in [0, 0.05) is 30.4 Å². The van der Waals surface area contributed by atoms with Crippen LogP contribution < -0.4 is 26.6 Å². The Morgan fingerprint density at radius 2 is 1.93 bits per heavy atom. The number of rotatable bonds is 8. The molecule has 206 valence electrons. The molecule has 40 heavy (non-hydrogen) atoms. The van der Waals surface area contributed by atoms with Crippen LogP contribution in [-0.2, 0) is 0 Å². The van der Waals surface area contributed by atoms with Gasteiger partial charge in [0.1, 0.15) is 12.9 Å². The topological polar surface area (TPSA) is 147 Å². The molecule has 0 bridgehead atoms. The first kappa shape index (κ1) is 26.7. The monoisotopic (exact) mass is 545 g/mol. The molecule has 0 unspecified atom stereocenters. The number of H-pyrrole nitrogens is 1. The van der Waals surface area contributed by atoms with Crippen molar-refractivity contribution in [3.63, 3.8) is 0 Å². The minimum atomic E-state index is -0.513. The zero-order valence-electron chi connectivity index (χ0n) is 22.4. The molecule has 5 rings (SSSR count). The van der Waals surface area contributed by atoms with Gasteiger partial charge in [-0.1, -0.05) is 6.07 Å². The molecule has 0 aliphatic rings. The van der Waals surface area contributed by atoms with E-state index in [1.807, 2.05) is 25.9 Å². The molecule has 0 radical (unpaired) electrons.